The lowest BCUT2D eigenvalue weighted by atomic mass is 9.93. The minimum atomic E-state index is -0.142. The standard InChI is InChI=1S/C17H19FO/c1-11(2)16-9-14(10-17(18)12(16)3)13-5-7-15(19-4)8-6-13/h5-11H,1-4H3. The first-order valence-electron chi connectivity index (χ1n) is 6.47. The van der Waals surface area contributed by atoms with Crippen molar-refractivity contribution in [2.24, 2.45) is 0 Å². The Balaban J connectivity index is 2.49. The second-order valence-electron chi connectivity index (χ2n) is 5.06. The number of hydrogen-bond donors (Lipinski definition) is 0. The maximum atomic E-state index is 14.0. The quantitative estimate of drug-likeness (QED) is 0.758. The minimum absolute atomic E-state index is 0.142. The molecule has 0 fully saturated rings. The molecule has 2 rings (SSSR count). The fraction of sp³-hybridized carbons (Fsp3) is 0.294. The number of ether oxygens (including phenoxy) is 1. The van der Waals surface area contributed by atoms with Crippen LogP contribution >= 0.6 is 0 Å². The van der Waals surface area contributed by atoms with E-state index in [0.29, 0.717) is 5.92 Å². The molecular weight excluding hydrogens is 239 g/mol. The number of hydrogen-bond acceptors (Lipinski definition) is 1. The molecule has 2 aromatic carbocycles. The van der Waals surface area contributed by atoms with Gasteiger partial charge in [-0.05, 0) is 53.3 Å². The summed E-state index contributed by atoms with van der Waals surface area (Å²) in [6.45, 7) is 6.00. The molecule has 100 valence electrons. The summed E-state index contributed by atoms with van der Waals surface area (Å²) in [4.78, 5) is 0. The second kappa shape index (κ2) is 5.43. The van der Waals surface area contributed by atoms with Crippen molar-refractivity contribution in [1.29, 1.82) is 0 Å². The lowest BCUT2D eigenvalue weighted by molar-refractivity contribution is 0.415. The average molecular weight is 258 g/mol. The largest absolute Gasteiger partial charge is 0.497 e. The highest BCUT2D eigenvalue weighted by molar-refractivity contribution is 5.66. The molecule has 0 amide bonds. The second-order valence-corrected chi connectivity index (χ2v) is 5.06. The Morgan fingerprint density at radius 2 is 1.63 bits per heavy atom. The van der Waals surface area contributed by atoms with Gasteiger partial charge < -0.3 is 4.74 Å². The van der Waals surface area contributed by atoms with Gasteiger partial charge in [0.05, 0.1) is 7.11 Å². The minimum Gasteiger partial charge on any atom is -0.497 e. The van der Waals surface area contributed by atoms with Gasteiger partial charge in [-0.15, -0.1) is 0 Å². The number of benzene rings is 2. The highest BCUT2D eigenvalue weighted by Gasteiger charge is 2.11. The van der Waals surface area contributed by atoms with E-state index in [1.165, 1.54) is 0 Å². The van der Waals surface area contributed by atoms with Crippen LogP contribution in [-0.2, 0) is 0 Å². The van der Waals surface area contributed by atoms with Gasteiger partial charge in [-0.25, -0.2) is 4.39 Å². The molecule has 0 saturated heterocycles. The molecule has 0 N–H and O–H groups in total. The van der Waals surface area contributed by atoms with Crippen LogP contribution in [0.3, 0.4) is 0 Å². The van der Waals surface area contributed by atoms with E-state index >= 15 is 0 Å². The number of rotatable bonds is 3. The Morgan fingerprint density at radius 1 is 1.00 bits per heavy atom. The van der Waals surface area contributed by atoms with Crippen LogP contribution in [0.2, 0.25) is 0 Å². The Labute approximate surface area is 114 Å². The van der Waals surface area contributed by atoms with Crippen molar-refractivity contribution >= 4 is 0 Å². The van der Waals surface area contributed by atoms with Crippen LogP contribution in [0.15, 0.2) is 36.4 Å². The third-order valence-corrected chi connectivity index (χ3v) is 3.43. The number of methoxy groups -OCH3 is 1. The molecule has 0 saturated carbocycles. The van der Waals surface area contributed by atoms with E-state index in [1.54, 1.807) is 13.2 Å². The summed E-state index contributed by atoms with van der Waals surface area (Å²) in [6.07, 6.45) is 0. The Hall–Kier alpha value is -1.83. The van der Waals surface area contributed by atoms with Gasteiger partial charge in [-0.1, -0.05) is 32.0 Å². The van der Waals surface area contributed by atoms with Crippen LogP contribution < -0.4 is 4.74 Å². The molecule has 2 heteroatoms. The first kappa shape index (κ1) is 13.6. The van der Waals surface area contributed by atoms with E-state index in [4.69, 9.17) is 4.74 Å². The molecule has 0 unspecified atom stereocenters. The van der Waals surface area contributed by atoms with Crippen LogP contribution in [0.4, 0.5) is 4.39 Å². The molecule has 0 bridgehead atoms. The maximum absolute atomic E-state index is 14.0. The summed E-state index contributed by atoms with van der Waals surface area (Å²) in [7, 11) is 1.64. The van der Waals surface area contributed by atoms with Gasteiger partial charge in [-0.3, -0.25) is 0 Å². The van der Waals surface area contributed by atoms with E-state index < -0.39 is 0 Å². The molecule has 19 heavy (non-hydrogen) atoms. The zero-order valence-corrected chi connectivity index (χ0v) is 11.8. The predicted molar refractivity (Wildman–Crippen MR) is 77.2 cm³/mol. The van der Waals surface area contributed by atoms with Crippen molar-refractivity contribution in [3.8, 4) is 16.9 Å². The summed E-state index contributed by atoms with van der Waals surface area (Å²) in [5.41, 5.74) is 3.72. The van der Waals surface area contributed by atoms with Gasteiger partial charge in [0.2, 0.25) is 0 Å². The van der Waals surface area contributed by atoms with E-state index in [-0.39, 0.29) is 5.82 Å². The smallest absolute Gasteiger partial charge is 0.127 e. The normalized spacial score (nSPS) is 10.8. The number of halogens is 1. The van der Waals surface area contributed by atoms with E-state index in [9.17, 15) is 4.39 Å². The summed E-state index contributed by atoms with van der Waals surface area (Å²) < 4.78 is 19.1. The van der Waals surface area contributed by atoms with Crippen molar-refractivity contribution in [2.75, 3.05) is 7.11 Å². The third-order valence-electron chi connectivity index (χ3n) is 3.43. The van der Waals surface area contributed by atoms with Crippen LogP contribution in [0.5, 0.6) is 5.75 Å². The molecule has 0 atom stereocenters. The monoisotopic (exact) mass is 258 g/mol. The molecule has 1 nitrogen and oxygen atoms in total. The van der Waals surface area contributed by atoms with Crippen LogP contribution in [0, 0.1) is 12.7 Å². The Bertz CT molecular complexity index is 571. The van der Waals surface area contributed by atoms with Crippen molar-refractivity contribution in [1.82, 2.24) is 0 Å². The van der Waals surface area contributed by atoms with Crippen LogP contribution in [-0.4, -0.2) is 7.11 Å². The predicted octanol–water partition coefficient (Wildman–Crippen LogP) is 4.93. The fourth-order valence-electron chi connectivity index (χ4n) is 2.25. The van der Waals surface area contributed by atoms with Gasteiger partial charge in [-0.2, -0.15) is 0 Å². The maximum Gasteiger partial charge on any atom is 0.127 e. The van der Waals surface area contributed by atoms with Crippen LogP contribution in [0.25, 0.3) is 11.1 Å². The topological polar surface area (TPSA) is 9.23 Å². The van der Waals surface area contributed by atoms with Crippen molar-refractivity contribution in [2.45, 2.75) is 26.7 Å². The van der Waals surface area contributed by atoms with Crippen molar-refractivity contribution in [3.63, 3.8) is 0 Å². The highest BCUT2D eigenvalue weighted by Crippen LogP contribution is 2.29. The molecule has 0 aliphatic rings. The average Bonchev–Trinajstić information content (AvgIpc) is 2.41. The SMILES string of the molecule is COc1ccc(-c2cc(F)c(C)c(C(C)C)c2)cc1. The summed E-state index contributed by atoms with van der Waals surface area (Å²) in [5.74, 6) is 0.977. The van der Waals surface area contributed by atoms with Gasteiger partial charge in [0, 0.05) is 0 Å². The molecule has 0 spiro atoms. The Morgan fingerprint density at radius 3 is 2.16 bits per heavy atom. The first-order chi connectivity index (χ1) is 9.02. The van der Waals surface area contributed by atoms with E-state index in [0.717, 1.165) is 28.0 Å². The molecule has 2 aromatic rings. The molecule has 0 aliphatic heterocycles. The molecule has 0 aliphatic carbocycles. The van der Waals surface area contributed by atoms with Gasteiger partial charge in [0.1, 0.15) is 11.6 Å². The summed E-state index contributed by atoms with van der Waals surface area (Å²) in [5, 5.41) is 0. The van der Waals surface area contributed by atoms with Gasteiger partial charge in [0.25, 0.3) is 0 Å². The zero-order valence-electron chi connectivity index (χ0n) is 11.8. The van der Waals surface area contributed by atoms with E-state index in [2.05, 4.69) is 19.9 Å². The third kappa shape index (κ3) is 2.78. The molecule has 0 heterocycles. The van der Waals surface area contributed by atoms with Crippen LogP contribution in [0.1, 0.15) is 30.9 Å². The summed E-state index contributed by atoms with van der Waals surface area (Å²) >= 11 is 0. The fourth-order valence-corrected chi connectivity index (χ4v) is 2.25. The van der Waals surface area contributed by atoms with Gasteiger partial charge >= 0.3 is 0 Å². The highest BCUT2D eigenvalue weighted by atomic mass is 19.1. The van der Waals surface area contributed by atoms with Crippen molar-refractivity contribution < 1.29 is 9.13 Å². The zero-order chi connectivity index (χ0) is 14.0. The molecule has 0 aromatic heterocycles. The lowest BCUT2D eigenvalue weighted by Crippen LogP contribution is -1.96. The van der Waals surface area contributed by atoms with Crippen molar-refractivity contribution in [3.05, 3.63) is 53.3 Å². The molecular formula is C17H19FO. The molecule has 0 radical (unpaired) electrons. The van der Waals surface area contributed by atoms with Gasteiger partial charge in [0.15, 0.2) is 0 Å². The first-order valence-corrected chi connectivity index (χ1v) is 6.47. The summed E-state index contributed by atoms with van der Waals surface area (Å²) in [6, 6.07) is 11.4. The lowest BCUT2D eigenvalue weighted by Gasteiger charge is -2.13. The van der Waals surface area contributed by atoms with E-state index in [1.807, 2.05) is 31.2 Å². The Kier molecular flexibility index (Phi) is 3.89.